The van der Waals surface area contributed by atoms with Crippen molar-refractivity contribution in [2.45, 2.75) is 25.4 Å². The minimum atomic E-state index is -0.635. The lowest BCUT2D eigenvalue weighted by Gasteiger charge is -2.07. The number of ether oxygens (including phenoxy) is 2. The molecule has 15 heavy (non-hydrogen) atoms. The van der Waals surface area contributed by atoms with Crippen LogP contribution in [0.3, 0.4) is 0 Å². The van der Waals surface area contributed by atoms with Crippen LogP contribution < -0.4 is 0 Å². The minimum Gasteiger partial charge on any atom is -0.463 e. The number of cyclic esters (lactones) is 1. The first-order valence-corrected chi connectivity index (χ1v) is 6.99. The van der Waals surface area contributed by atoms with E-state index in [1.54, 1.807) is 0 Å². The lowest BCUT2D eigenvalue weighted by molar-refractivity contribution is -0.158. The molecule has 0 amide bonds. The normalized spacial score (nSPS) is 26.7. The smallest absolute Gasteiger partial charge is 0.357 e. The Kier molecular flexibility index (Phi) is 3.51. The van der Waals surface area contributed by atoms with Crippen LogP contribution in [0.25, 0.3) is 0 Å². The Morgan fingerprint density at radius 2 is 2.20 bits per heavy atom. The van der Waals surface area contributed by atoms with Crippen molar-refractivity contribution in [2.75, 3.05) is 23.9 Å². The number of rotatable bonds is 3. The first kappa shape index (κ1) is 10.8. The van der Waals surface area contributed by atoms with E-state index in [0.717, 1.165) is 11.5 Å². The summed E-state index contributed by atoms with van der Waals surface area (Å²) in [6.45, 7) is 0.377. The van der Waals surface area contributed by atoms with Crippen LogP contribution >= 0.6 is 0 Å². The molecule has 1 atom stereocenters. The fraction of sp³-hybridized carbons (Fsp3) is 0.800. The molecular formula is C10H15O4S+. The monoisotopic (exact) mass is 231 g/mol. The van der Waals surface area contributed by atoms with Gasteiger partial charge in [-0.3, -0.25) is 0 Å². The Hall–Kier alpha value is -0.710. The maximum Gasteiger partial charge on any atom is 0.357 e. The van der Waals surface area contributed by atoms with Gasteiger partial charge in [0.25, 0.3) is 0 Å². The molecule has 0 radical (unpaired) electrons. The van der Waals surface area contributed by atoms with Crippen molar-refractivity contribution >= 4 is 22.8 Å². The molecule has 0 N–H and O–H groups in total. The third-order valence-electron chi connectivity index (χ3n) is 2.60. The predicted octanol–water partition coefficient (Wildman–Crippen LogP) is 0.257. The van der Waals surface area contributed by atoms with Gasteiger partial charge in [0.1, 0.15) is 11.5 Å². The van der Waals surface area contributed by atoms with Crippen molar-refractivity contribution in [1.82, 2.24) is 0 Å². The number of hydrogen-bond donors (Lipinski definition) is 0. The summed E-state index contributed by atoms with van der Waals surface area (Å²) in [5.74, 6) is 2.15. The van der Waals surface area contributed by atoms with Gasteiger partial charge in [-0.15, -0.1) is 0 Å². The minimum absolute atomic E-state index is 0.205. The summed E-state index contributed by atoms with van der Waals surface area (Å²) >= 11 is 0. The average Bonchev–Trinajstić information content (AvgIpc) is 2.79. The predicted molar refractivity (Wildman–Crippen MR) is 56.7 cm³/mol. The zero-order chi connectivity index (χ0) is 10.7. The standard InChI is InChI=1S/C10H15O4S/c11-9(7-15-5-1-2-6-15)14-8-3-4-13-10(8)12/h8H,1-7H2/q+1. The fourth-order valence-corrected chi connectivity index (χ4v) is 3.92. The van der Waals surface area contributed by atoms with E-state index in [1.807, 2.05) is 0 Å². The van der Waals surface area contributed by atoms with Crippen LogP contribution in [0.2, 0.25) is 0 Å². The Balaban J connectivity index is 1.74. The molecule has 0 aromatic carbocycles. The Morgan fingerprint density at radius 1 is 1.47 bits per heavy atom. The molecule has 4 nitrogen and oxygen atoms in total. The molecule has 2 saturated heterocycles. The highest BCUT2D eigenvalue weighted by Gasteiger charge is 2.33. The molecule has 2 heterocycles. The van der Waals surface area contributed by atoms with Crippen molar-refractivity contribution in [3.63, 3.8) is 0 Å². The zero-order valence-corrected chi connectivity index (χ0v) is 9.38. The van der Waals surface area contributed by atoms with Crippen LogP contribution in [0.5, 0.6) is 0 Å². The molecule has 0 aliphatic carbocycles. The Morgan fingerprint density at radius 3 is 2.80 bits per heavy atom. The van der Waals surface area contributed by atoms with Gasteiger partial charge in [-0.25, -0.2) is 9.59 Å². The fourth-order valence-electron chi connectivity index (χ4n) is 1.80. The largest absolute Gasteiger partial charge is 0.463 e. The van der Waals surface area contributed by atoms with Gasteiger partial charge in [-0.2, -0.15) is 0 Å². The summed E-state index contributed by atoms with van der Waals surface area (Å²) < 4.78 is 9.80. The van der Waals surface area contributed by atoms with E-state index in [-0.39, 0.29) is 16.9 Å². The van der Waals surface area contributed by atoms with Gasteiger partial charge < -0.3 is 9.47 Å². The summed E-state index contributed by atoms with van der Waals surface area (Å²) in [4.78, 5) is 22.5. The van der Waals surface area contributed by atoms with E-state index in [9.17, 15) is 9.59 Å². The van der Waals surface area contributed by atoms with Gasteiger partial charge in [0.15, 0.2) is 0 Å². The van der Waals surface area contributed by atoms with Crippen molar-refractivity contribution in [2.24, 2.45) is 0 Å². The van der Waals surface area contributed by atoms with E-state index in [2.05, 4.69) is 0 Å². The first-order valence-electron chi connectivity index (χ1n) is 5.26. The maximum absolute atomic E-state index is 11.5. The summed E-state index contributed by atoms with van der Waals surface area (Å²) in [5, 5.41) is 0. The van der Waals surface area contributed by atoms with Gasteiger partial charge in [0, 0.05) is 6.42 Å². The SMILES string of the molecule is O=C(C[S+]1CCCC1)OC1CCOC1=O. The molecule has 0 bridgehead atoms. The highest BCUT2D eigenvalue weighted by molar-refractivity contribution is 7.97. The van der Waals surface area contributed by atoms with Gasteiger partial charge in [-0.1, -0.05) is 0 Å². The highest BCUT2D eigenvalue weighted by atomic mass is 32.2. The Labute approximate surface area is 91.7 Å². The van der Waals surface area contributed by atoms with Gasteiger partial charge in [0.2, 0.25) is 11.9 Å². The van der Waals surface area contributed by atoms with Gasteiger partial charge in [-0.05, 0) is 23.7 Å². The van der Waals surface area contributed by atoms with E-state index >= 15 is 0 Å². The lowest BCUT2D eigenvalue weighted by Crippen LogP contribution is -2.27. The van der Waals surface area contributed by atoms with Gasteiger partial charge >= 0.3 is 11.9 Å². The van der Waals surface area contributed by atoms with Crippen molar-refractivity contribution in [3.8, 4) is 0 Å². The van der Waals surface area contributed by atoms with Crippen molar-refractivity contribution < 1.29 is 19.1 Å². The number of esters is 2. The number of hydrogen-bond acceptors (Lipinski definition) is 4. The second-order valence-corrected chi connectivity index (χ2v) is 6.14. The van der Waals surface area contributed by atoms with Crippen LogP contribution in [0.4, 0.5) is 0 Å². The molecule has 2 aliphatic heterocycles. The third-order valence-corrected chi connectivity index (χ3v) is 4.97. The summed E-state index contributed by atoms with van der Waals surface area (Å²) in [7, 11) is 0.205. The highest BCUT2D eigenvalue weighted by Crippen LogP contribution is 2.15. The van der Waals surface area contributed by atoms with Crippen LogP contribution in [0.1, 0.15) is 19.3 Å². The van der Waals surface area contributed by atoms with E-state index < -0.39 is 12.1 Å². The molecular weight excluding hydrogens is 216 g/mol. The molecule has 2 aliphatic rings. The molecule has 0 aromatic heterocycles. The molecule has 84 valence electrons. The molecule has 2 fully saturated rings. The Bertz CT molecular complexity index is 260. The topological polar surface area (TPSA) is 52.6 Å². The van der Waals surface area contributed by atoms with E-state index in [4.69, 9.17) is 9.47 Å². The van der Waals surface area contributed by atoms with Gasteiger partial charge in [0.05, 0.1) is 6.61 Å². The number of carbonyl (C=O) groups excluding carboxylic acids is 2. The van der Waals surface area contributed by atoms with Crippen molar-refractivity contribution in [1.29, 1.82) is 0 Å². The maximum atomic E-state index is 11.5. The summed E-state index contributed by atoms with van der Waals surface area (Å²) in [5.41, 5.74) is 0. The van der Waals surface area contributed by atoms with Crippen LogP contribution in [-0.2, 0) is 30.0 Å². The molecule has 0 saturated carbocycles. The number of carbonyl (C=O) groups is 2. The molecule has 2 rings (SSSR count). The van der Waals surface area contributed by atoms with Crippen molar-refractivity contribution in [3.05, 3.63) is 0 Å². The first-order chi connectivity index (χ1) is 7.25. The second kappa shape index (κ2) is 4.88. The average molecular weight is 231 g/mol. The third kappa shape index (κ3) is 2.87. The van der Waals surface area contributed by atoms with E-state index in [0.29, 0.717) is 18.8 Å². The van der Waals surface area contributed by atoms with Crippen LogP contribution in [-0.4, -0.2) is 41.9 Å². The van der Waals surface area contributed by atoms with Crippen LogP contribution in [0, 0.1) is 0 Å². The zero-order valence-electron chi connectivity index (χ0n) is 8.57. The molecule has 1 unspecified atom stereocenters. The lowest BCUT2D eigenvalue weighted by atomic mass is 10.3. The molecule has 0 spiro atoms. The summed E-state index contributed by atoms with van der Waals surface area (Å²) in [6, 6.07) is 0. The molecule has 5 heteroatoms. The quantitative estimate of drug-likeness (QED) is 0.516. The van der Waals surface area contributed by atoms with E-state index in [1.165, 1.54) is 12.8 Å². The van der Waals surface area contributed by atoms with Crippen LogP contribution in [0.15, 0.2) is 0 Å². The second-order valence-electron chi connectivity index (χ2n) is 3.81. The molecule has 0 aromatic rings. The summed E-state index contributed by atoms with van der Waals surface area (Å²) in [6.07, 6.45) is 2.32.